The van der Waals surface area contributed by atoms with Crippen molar-refractivity contribution in [2.24, 2.45) is 0 Å². The molecule has 1 aliphatic heterocycles. The third-order valence-corrected chi connectivity index (χ3v) is 2.93. The first-order chi connectivity index (χ1) is 8.25. The lowest BCUT2D eigenvalue weighted by atomic mass is 10.3. The smallest absolute Gasteiger partial charge is 0.160 e. The van der Waals surface area contributed by atoms with Crippen molar-refractivity contribution in [1.29, 1.82) is 0 Å². The molecule has 0 atom stereocenters. The Morgan fingerprint density at radius 1 is 1.24 bits per heavy atom. The molecular weight excluding hydrogens is 263 g/mol. The van der Waals surface area contributed by atoms with E-state index in [1.807, 2.05) is 0 Å². The summed E-state index contributed by atoms with van der Waals surface area (Å²) in [4.78, 5) is 0. The molecule has 5 heteroatoms. The zero-order chi connectivity index (χ0) is 12.1. The summed E-state index contributed by atoms with van der Waals surface area (Å²) in [5, 5.41) is 1.12. The second-order valence-corrected chi connectivity index (χ2v) is 4.58. The van der Waals surface area contributed by atoms with Gasteiger partial charge in [0.25, 0.3) is 0 Å². The lowest BCUT2D eigenvalue weighted by molar-refractivity contribution is -0.183. The molecule has 1 saturated heterocycles. The summed E-state index contributed by atoms with van der Waals surface area (Å²) in [6.45, 7) is 2.02. The molecule has 1 heterocycles. The molecule has 0 saturated carbocycles. The summed E-state index contributed by atoms with van der Waals surface area (Å²) < 4.78 is 16.4. The zero-order valence-corrected chi connectivity index (χ0v) is 10.8. The molecule has 0 bridgehead atoms. The first-order valence-electron chi connectivity index (χ1n) is 5.57. The molecule has 1 aliphatic rings. The van der Waals surface area contributed by atoms with Crippen molar-refractivity contribution in [3.05, 3.63) is 28.2 Å². The van der Waals surface area contributed by atoms with Crippen molar-refractivity contribution in [3.63, 3.8) is 0 Å². The minimum atomic E-state index is -0.158. The quantitative estimate of drug-likeness (QED) is 0.842. The molecule has 1 fully saturated rings. The van der Waals surface area contributed by atoms with Crippen molar-refractivity contribution >= 4 is 23.2 Å². The number of hydrogen-bond donors (Lipinski definition) is 0. The minimum Gasteiger partial charge on any atom is -0.492 e. The first-order valence-corrected chi connectivity index (χ1v) is 6.32. The van der Waals surface area contributed by atoms with E-state index >= 15 is 0 Å². The molecular formula is C12H14Cl2O3. The van der Waals surface area contributed by atoms with Gasteiger partial charge in [0.05, 0.1) is 24.8 Å². The van der Waals surface area contributed by atoms with Crippen LogP contribution < -0.4 is 4.74 Å². The van der Waals surface area contributed by atoms with Crippen LogP contribution in [0.4, 0.5) is 0 Å². The van der Waals surface area contributed by atoms with Gasteiger partial charge in [-0.25, -0.2) is 0 Å². The highest BCUT2D eigenvalue weighted by molar-refractivity contribution is 6.35. The van der Waals surface area contributed by atoms with Gasteiger partial charge in [-0.15, -0.1) is 0 Å². The largest absolute Gasteiger partial charge is 0.492 e. The van der Waals surface area contributed by atoms with Gasteiger partial charge in [0, 0.05) is 11.4 Å². The van der Waals surface area contributed by atoms with Crippen LogP contribution in [-0.2, 0) is 9.47 Å². The Hall–Kier alpha value is -0.480. The van der Waals surface area contributed by atoms with Crippen LogP contribution in [0.3, 0.4) is 0 Å². The number of ether oxygens (including phenoxy) is 3. The van der Waals surface area contributed by atoms with Crippen LogP contribution in [0, 0.1) is 0 Å². The molecule has 0 N–H and O–H groups in total. The van der Waals surface area contributed by atoms with Gasteiger partial charge in [-0.1, -0.05) is 23.2 Å². The van der Waals surface area contributed by atoms with E-state index in [1.54, 1.807) is 18.2 Å². The molecule has 3 nitrogen and oxygen atoms in total. The summed E-state index contributed by atoms with van der Waals surface area (Å²) in [5.41, 5.74) is 0. The third kappa shape index (κ3) is 4.03. The Morgan fingerprint density at radius 2 is 2.00 bits per heavy atom. The zero-order valence-electron chi connectivity index (χ0n) is 9.33. The molecule has 0 unspecified atom stereocenters. The van der Waals surface area contributed by atoms with E-state index in [0.717, 1.165) is 19.6 Å². The summed E-state index contributed by atoms with van der Waals surface area (Å²) in [6, 6.07) is 5.16. The Kier molecular flexibility index (Phi) is 4.92. The molecule has 94 valence electrons. The van der Waals surface area contributed by atoms with Crippen molar-refractivity contribution in [1.82, 2.24) is 0 Å². The van der Waals surface area contributed by atoms with E-state index in [4.69, 9.17) is 37.4 Å². The normalized spacial score (nSPS) is 17.1. The van der Waals surface area contributed by atoms with Crippen molar-refractivity contribution < 1.29 is 14.2 Å². The molecule has 0 radical (unpaired) electrons. The van der Waals surface area contributed by atoms with Gasteiger partial charge in [-0.2, -0.15) is 0 Å². The molecule has 17 heavy (non-hydrogen) atoms. The van der Waals surface area contributed by atoms with Crippen LogP contribution >= 0.6 is 23.2 Å². The molecule has 2 rings (SSSR count). The van der Waals surface area contributed by atoms with E-state index in [0.29, 0.717) is 28.8 Å². The predicted molar refractivity (Wildman–Crippen MR) is 66.9 cm³/mol. The summed E-state index contributed by atoms with van der Waals surface area (Å²) >= 11 is 11.8. The Labute approximate surface area is 111 Å². The maximum absolute atomic E-state index is 5.98. The SMILES string of the molecule is Clc1ccc(OCCC2OCCCO2)c(Cl)c1. The van der Waals surface area contributed by atoms with Crippen LogP contribution in [0.15, 0.2) is 18.2 Å². The number of halogens is 2. The predicted octanol–water partition coefficient (Wildman–Crippen LogP) is 3.53. The van der Waals surface area contributed by atoms with E-state index in [1.165, 1.54) is 0 Å². The summed E-state index contributed by atoms with van der Waals surface area (Å²) in [6.07, 6.45) is 1.49. The van der Waals surface area contributed by atoms with Gasteiger partial charge >= 0.3 is 0 Å². The van der Waals surface area contributed by atoms with Crippen molar-refractivity contribution in [2.75, 3.05) is 19.8 Å². The monoisotopic (exact) mass is 276 g/mol. The van der Waals surface area contributed by atoms with Gasteiger partial charge < -0.3 is 14.2 Å². The van der Waals surface area contributed by atoms with Crippen LogP contribution in [0.1, 0.15) is 12.8 Å². The van der Waals surface area contributed by atoms with Crippen LogP contribution in [0.5, 0.6) is 5.75 Å². The van der Waals surface area contributed by atoms with E-state index in [2.05, 4.69) is 0 Å². The lowest BCUT2D eigenvalue weighted by Crippen LogP contribution is -2.26. The Morgan fingerprint density at radius 3 is 2.71 bits per heavy atom. The Balaban J connectivity index is 1.77. The summed E-state index contributed by atoms with van der Waals surface area (Å²) in [7, 11) is 0. The van der Waals surface area contributed by atoms with Crippen molar-refractivity contribution in [3.8, 4) is 5.75 Å². The van der Waals surface area contributed by atoms with Gasteiger partial charge in [-0.05, 0) is 24.6 Å². The lowest BCUT2D eigenvalue weighted by Gasteiger charge is -2.23. The van der Waals surface area contributed by atoms with Gasteiger partial charge in [0.15, 0.2) is 6.29 Å². The van der Waals surface area contributed by atoms with Crippen molar-refractivity contribution in [2.45, 2.75) is 19.1 Å². The highest BCUT2D eigenvalue weighted by atomic mass is 35.5. The maximum Gasteiger partial charge on any atom is 0.160 e. The molecule has 0 aromatic heterocycles. The average Bonchev–Trinajstić information content (AvgIpc) is 2.33. The van der Waals surface area contributed by atoms with Crippen LogP contribution in [0.25, 0.3) is 0 Å². The van der Waals surface area contributed by atoms with E-state index in [9.17, 15) is 0 Å². The van der Waals surface area contributed by atoms with Gasteiger partial charge in [0.1, 0.15) is 5.75 Å². The highest BCUT2D eigenvalue weighted by Gasteiger charge is 2.14. The topological polar surface area (TPSA) is 27.7 Å². The van der Waals surface area contributed by atoms with Crippen LogP contribution in [-0.4, -0.2) is 26.1 Å². The third-order valence-electron chi connectivity index (χ3n) is 2.40. The average molecular weight is 277 g/mol. The molecule has 1 aromatic carbocycles. The molecule has 0 aliphatic carbocycles. The van der Waals surface area contributed by atoms with E-state index in [-0.39, 0.29) is 6.29 Å². The standard InChI is InChI=1S/C12H14Cl2O3/c13-9-2-3-11(10(14)8-9)15-7-4-12-16-5-1-6-17-12/h2-3,8,12H,1,4-7H2. The Bertz CT molecular complexity index is 365. The van der Waals surface area contributed by atoms with E-state index < -0.39 is 0 Å². The number of benzene rings is 1. The molecule has 0 spiro atoms. The highest BCUT2D eigenvalue weighted by Crippen LogP contribution is 2.27. The molecule has 0 amide bonds. The van der Waals surface area contributed by atoms with Crippen LogP contribution in [0.2, 0.25) is 10.0 Å². The fourth-order valence-electron chi connectivity index (χ4n) is 1.56. The fraction of sp³-hybridized carbons (Fsp3) is 0.500. The fourth-order valence-corrected chi connectivity index (χ4v) is 2.02. The minimum absolute atomic E-state index is 0.158. The van der Waals surface area contributed by atoms with Gasteiger partial charge in [-0.3, -0.25) is 0 Å². The maximum atomic E-state index is 5.98. The van der Waals surface area contributed by atoms with Gasteiger partial charge in [0.2, 0.25) is 0 Å². The second-order valence-electron chi connectivity index (χ2n) is 3.74. The number of hydrogen-bond acceptors (Lipinski definition) is 3. The first kappa shape index (κ1) is 13.0. The second kappa shape index (κ2) is 6.45. The molecule has 1 aromatic rings. The number of rotatable bonds is 4. The summed E-state index contributed by atoms with van der Waals surface area (Å²) in [5.74, 6) is 0.631.